The van der Waals surface area contributed by atoms with Gasteiger partial charge in [0.1, 0.15) is 11.6 Å². The van der Waals surface area contributed by atoms with Gasteiger partial charge in [0.05, 0.1) is 24.6 Å². The molecule has 0 fully saturated rings. The molecule has 0 aliphatic heterocycles. The Kier molecular flexibility index (Phi) is 5.59. The number of ether oxygens (including phenoxy) is 1. The highest BCUT2D eigenvalue weighted by Gasteiger charge is 2.16. The number of aromatic amines is 1. The molecular weight excluding hydrogens is 350 g/mol. The Balaban J connectivity index is 1.82. The lowest BCUT2D eigenvalue weighted by Crippen LogP contribution is -2.27. The summed E-state index contributed by atoms with van der Waals surface area (Å²) in [5.41, 5.74) is 1.60. The number of nitrogens with one attached hydrogen (secondary N) is 2. The largest absolute Gasteiger partial charge is 0.497 e. The van der Waals surface area contributed by atoms with Crippen molar-refractivity contribution in [2.75, 3.05) is 7.11 Å². The molecule has 3 rings (SSSR count). The highest BCUT2D eigenvalue weighted by molar-refractivity contribution is 6.31. The minimum atomic E-state index is -0.158. The summed E-state index contributed by atoms with van der Waals surface area (Å²) < 4.78 is 5.22. The third-order valence-corrected chi connectivity index (χ3v) is 4.58. The molecule has 0 radical (unpaired) electrons. The van der Waals surface area contributed by atoms with E-state index in [1.165, 1.54) is 0 Å². The molecule has 0 amide bonds. The molecule has 6 heteroatoms. The van der Waals surface area contributed by atoms with Gasteiger partial charge in [0, 0.05) is 11.1 Å². The second-order valence-corrected chi connectivity index (χ2v) is 6.99. The summed E-state index contributed by atoms with van der Waals surface area (Å²) in [5.74, 6) is 1.78. The van der Waals surface area contributed by atoms with Crippen LogP contribution in [0.25, 0.3) is 10.9 Å². The number of rotatable bonds is 6. The Morgan fingerprint density at radius 2 is 1.92 bits per heavy atom. The van der Waals surface area contributed by atoms with Crippen LogP contribution in [-0.2, 0) is 6.54 Å². The lowest BCUT2D eigenvalue weighted by molar-refractivity contribution is 0.401. The summed E-state index contributed by atoms with van der Waals surface area (Å²) >= 11 is 6.02. The molecule has 2 N–H and O–H groups in total. The molecule has 26 heavy (non-hydrogen) atoms. The number of hydrogen-bond acceptors (Lipinski definition) is 4. The molecule has 0 saturated heterocycles. The van der Waals surface area contributed by atoms with Crippen molar-refractivity contribution in [1.82, 2.24) is 15.3 Å². The van der Waals surface area contributed by atoms with E-state index in [2.05, 4.69) is 29.1 Å². The Morgan fingerprint density at radius 1 is 1.19 bits per heavy atom. The molecule has 1 atom stereocenters. The smallest absolute Gasteiger partial charge is 0.258 e. The van der Waals surface area contributed by atoms with Crippen molar-refractivity contribution in [2.45, 2.75) is 26.4 Å². The van der Waals surface area contributed by atoms with Crippen molar-refractivity contribution >= 4 is 22.5 Å². The number of methoxy groups -OCH3 is 1. The average molecular weight is 372 g/mol. The van der Waals surface area contributed by atoms with Crippen molar-refractivity contribution in [3.8, 4) is 5.75 Å². The van der Waals surface area contributed by atoms with Crippen LogP contribution in [-0.4, -0.2) is 17.1 Å². The van der Waals surface area contributed by atoms with Gasteiger partial charge in [-0.15, -0.1) is 0 Å². The Bertz CT molecular complexity index is 951. The van der Waals surface area contributed by atoms with Crippen LogP contribution < -0.4 is 15.6 Å². The van der Waals surface area contributed by atoms with Crippen LogP contribution in [0, 0.1) is 5.92 Å². The molecule has 1 unspecified atom stereocenters. The van der Waals surface area contributed by atoms with E-state index in [9.17, 15) is 4.79 Å². The van der Waals surface area contributed by atoms with Crippen LogP contribution in [0.3, 0.4) is 0 Å². The summed E-state index contributed by atoms with van der Waals surface area (Å²) in [5, 5.41) is 4.59. The van der Waals surface area contributed by atoms with Crippen LogP contribution in [0.4, 0.5) is 0 Å². The van der Waals surface area contributed by atoms with Gasteiger partial charge in [-0.1, -0.05) is 37.6 Å². The number of fused-ring (bicyclic) bond motifs is 1. The van der Waals surface area contributed by atoms with Crippen LogP contribution in [0.1, 0.15) is 31.3 Å². The second-order valence-electron chi connectivity index (χ2n) is 6.55. The molecule has 2 aromatic carbocycles. The quantitative estimate of drug-likeness (QED) is 0.685. The number of benzene rings is 2. The molecule has 1 aromatic heterocycles. The third kappa shape index (κ3) is 4.06. The van der Waals surface area contributed by atoms with Gasteiger partial charge in [0.2, 0.25) is 0 Å². The Morgan fingerprint density at radius 3 is 2.58 bits per heavy atom. The monoisotopic (exact) mass is 371 g/mol. The van der Waals surface area contributed by atoms with Crippen LogP contribution in [0.5, 0.6) is 5.75 Å². The average Bonchev–Trinajstić information content (AvgIpc) is 2.61. The maximum atomic E-state index is 12.2. The maximum absolute atomic E-state index is 12.2. The lowest BCUT2D eigenvalue weighted by atomic mass is 9.96. The zero-order valence-corrected chi connectivity index (χ0v) is 15.8. The highest BCUT2D eigenvalue weighted by Crippen LogP contribution is 2.24. The SMILES string of the molecule is COc1ccc(C(NCc2nc3cc(Cl)ccc3c(=O)[nH]2)C(C)C)cc1. The predicted molar refractivity (Wildman–Crippen MR) is 105 cm³/mol. The molecule has 0 bridgehead atoms. The Hall–Kier alpha value is -2.37. The molecule has 0 aliphatic rings. The van der Waals surface area contributed by atoms with Crippen LogP contribution in [0.15, 0.2) is 47.3 Å². The predicted octanol–water partition coefficient (Wildman–Crippen LogP) is 4.07. The van der Waals surface area contributed by atoms with Gasteiger partial charge in [-0.3, -0.25) is 4.79 Å². The first-order valence-electron chi connectivity index (χ1n) is 8.53. The van der Waals surface area contributed by atoms with Crippen LogP contribution >= 0.6 is 11.6 Å². The second kappa shape index (κ2) is 7.89. The van der Waals surface area contributed by atoms with E-state index in [0.717, 1.165) is 11.3 Å². The minimum absolute atomic E-state index is 0.126. The van der Waals surface area contributed by atoms with E-state index in [4.69, 9.17) is 16.3 Å². The number of H-pyrrole nitrogens is 1. The number of nitrogens with zero attached hydrogens (tertiary/aromatic N) is 1. The van der Waals surface area contributed by atoms with E-state index < -0.39 is 0 Å². The molecule has 0 aliphatic carbocycles. The maximum Gasteiger partial charge on any atom is 0.258 e. The van der Waals surface area contributed by atoms with E-state index in [0.29, 0.717) is 34.2 Å². The van der Waals surface area contributed by atoms with E-state index in [-0.39, 0.29) is 11.6 Å². The minimum Gasteiger partial charge on any atom is -0.497 e. The molecule has 5 nitrogen and oxygen atoms in total. The fourth-order valence-electron chi connectivity index (χ4n) is 3.00. The van der Waals surface area contributed by atoms with Crippen molar-refractivity contribution < 1.29 is 4.74 Å². The standard InChI is InChI=1S/C20H22ClN3O2/c1-12(2)19(13-4-7-15(26-3)8-5-13)22-11-18-23-17-10-14(21)6-9-16(17)20(25)24-18/h4-10,12,19,22H,11H2,1-3H3,(H,23,24,25). The fourth-order valence-corrected chi connectivity index (χ4v) is 3.17. The molecule has 0 spiro atoms. The molecule has 136 valence electrons. The Labute approximate surface area is 157 Å². The van der Waals surface area contributed by atoms with Crippen LogP contribution in [0.2, 0.25) is 5.02 Å². The van der Waals surface area contributed by atoms with Crippen molar-refractivity contribution in [3.63, 3.8) is 0 Å². The topological polar surface area (TPSA) is 67.0 Å². The summed E-state index contributed by atoms with van der Waals surface area (Å²) in [6.45, 7) is 4.75. The van der Waals surface area contributed by atoms with Gasteiger partial charge in [-0.05, 0) is 41.8 Å². The van der Waals surface area contributed by atoms with E-state index in [1.807, 2.05) is 24.3 Å². The fraction of sp³-hybridized carbons (Fsp3) is 0.300. The molecule has 1 heterocycles. The zero-order valence-electron chi connectivity index (χ0n) is 15.0. The molecule has 0 saturated carbocycles. The molecular formula is C20H22ClN3O2. The van der Waals surface area contributed by atoms with Crippen molar-refractivity contribution in [2.24, 2.45) is 5.92 Å². The summed E-state index contributed by atoms with van der Waals surface area (Å²) in [6, 6.07) is 13.2. The summed E-state index contributed by atoms with van der Waals surface area (Å²) in [6.07, 6.45) is 0. The third-order valence-electron chi connectivity index (χ3n) is 4.35. The van der Waals surface area contributed by atoms with Gasteiger partial charge in [-0.2, -0.15) is 0 Å². The van der Waals surface area contributed by atoms with Gasteiger partial charge < -0.3 is 15.0 Å². The highest BCUT2D eigenvalue weighted by atomic mass is 35.5. The first-order chi connectivity index (χ1) is 12.5. The number of aromatic nitrogens is 2. The number of halogens is 1. The van der Waals surface area contributed by atoms with Crippen molar-refractivity contribution in [1.29, 1.82) is 0 Å². The van der Waals surface area contributed by atoms with Gasteiger partial charge in [-0.25, -0.2) is 4.98 Å². The number of hydrogen-bond donors (Lipinski definition) is 2. The summed E-state index contributed by atoms with van der Waals surface area (Å²) in [7, 11) is 1.65. The zero-order chi connectivity index (χ0) is 18.7. The van der Waals surface area contributed by atoms with E-state index >= 15 is 0 Å². The molecule has 3 aromatic rings. The van der Waals surface area contributed by atoms with Gasteiger partial charge in [0.15, 0.2) is 0 Å². The van der Waals surface area contributed by atoms with Crippen molar-refractivity contribution in [3.05, 3.63) is 69.2 Å². The van der Waals surface area contributed by atoms with Gasteiger partial charge in [0.25, 0.3) is 5.56 Å². The normalized spacial score (nSPS) is 12.5. The lowest BCUT2D eigenvalue weighted by Gasteiger charge is -2.23. The first-order valence-corrected chi connectivity index (χ1v) is 8.91. The summed E-state index contributed by atoms with van der Waals surface area (Å²) in [4.78, 5) is 19.6. The van der Waals surface area contributed by atoms with Gasteiger partial charge >= 0.3 is 0 Å². The first kappa shape index (κ1) is 18.4. The van der Waals surface area contributed by atoms with E-state index in [1.54, 1.807) is 25.3 Å².